The van der Waals surface area contributed by atoms with E-state index in [2.05, 4.69) is 9.82 Å². The molecule has 0 unspecified atom stereocenters. The number of carbonyl (C=O) groups excluding carboxylic acids is 1. The number of nitrogens with two attached hydrogens (primary N) is 2. The summed E-state index contributed by atoms with van der Waals surface area (Å²) in [7, 11) is -7.92. The number of hydrogen-bond acceptors (Lipinski definition) is 6. The minimum atomic E-state index is -4.00. The number of aromatic nitrogens is 2. The van der Waals surface area contributed by atoms with E-state index in [-0.39, 0.29) is 31.2 Å². The van der Waals surface area contributed by atoms with Crippen molar-refractivity contribution in [1.82, 2.24) is 9.78 Å². The van der Waals surface area contributed by atoms with Crippen molar-refractivity contribution in [1.29, 1.82) is 0 Å². The fourth-order valence-electron chi connectivity index (χ4n) is 4.32. The monoisotopic (exact) mass is 591 g/mol. The first kappa shape index (κ1) is 26.2. The normalized spacial score (nSPS) is 13.0. The molecule has 0 bridgehead atoms. The molecule has 0 fully saturated rings. The van der Waals surface area contributed by atoms with Crippen LogP contribution in [0.1, 0.15) is 21.6 Å². The highest BCUT2D eigenvalue weighted by Gasteiger charge is 2.29. The number of anilines is 1. The molecule has 0 spiro atoms. The van der Waals surface area contributed by atoms with Crippen LogP contribution >= 0.6 is 23.2 Å². The fraction of sp³-hybridized carbons (Fsp3) is 0.0833. The third-order valence-electron chi connectivity index (χ3n) is 6.09. The summed E-state index contributed by atoms with van der Waals surface area (Å²) in [5.74, 6) is -0.721. The summed E-state index contributed by atoms with van der Waals surface area (Å²) in [6.07, 6.45) is 1.04. The van der Waals surface area contributed by atoms with Gasteiger partial charge in [0.15, 0.2) is 5.69 Å². The molecule has 4 aromatic rings. The van der Waals surface area contributed by atoms with Gasteiger partial charge in [0.2, 0.25) is 10.0 Å². The number of primary sulfonamides is 1. The van der Waals surface area contributed by atoms with Crippen LogP contribution in [0, 0.1) is 0 Å². The number of primary amides is 1. The van der Waals surface area contributed by atoms with Crippen molar-refractivity contribution in [2.75, 3.05) is 4.72 Å². The van der Waals surface area contributed by atoms with Crippen LogP contribution in [0.25, 0.3) is 16.9 Å². The number of rotatable bonds is 6. The van der Waals surface area contributed by atoms with Gasteiger partial charge in [0.05, 0.1) is 31.2 Å². The average molecular weight is 592 g/mol. The summed E-state index contributed by atoms with van der Waals surface area (Å²) in [6, 6.07) is 14.7. The number of benzene rings is 3. The lowest BCUT2D eigenvalue weighted by Crippen LogP contribution is -2.16. The van der Waals surface area contributed by atoms with Crippen LogP contribution in [0.3, 0.4) is 0 Å². The van der Waals surface area contributed by atoms with Crippen LogP contribution in [0.5, 0.6) is 0 Å². The van der Waals surface area contributed by atoms with Gasteiger partial charge in [-0.1, -0.05) is 29.3 Å². The summed E-state index contributed by atoms with van der Waals surface area (Å²) >= 11 is 11.9. The minimum absolute atomic E-state index is 0.0682. The quantitative estimate of drug-likeness (QED) is 0.310. The van der Waals surface area contributed by atoms with Gasteiger partial charge in [-0.15, -0.1) is 0 Å². The van der Waals surface area contributed by atoms with Gasteiger partial charge in [0, 0.05) is 16.8 Å². The molecule has 1 heterocycles. The number of sulfonamides is 2. The first-order valence-corrected chi connectivity index (χ1v) is 14.8. The fourth-order valence-corrected chi connectivity index (χ4v) is 6.28. The molecule has 1 amide bonds. The smallest absolute Gasteiger partial charge is 0.269 e. The molecule has 1 aliphatic rings. The topological polar surface area (TPSA) is 167 Å². The van der Waals surface area contributed by atoms with E-state index in [4.69, 9.17) is 34.1 Å². The van der Waals surface area contributed by atoms with E-state index in [1.165, 1.54) is 47.1 Å². The molecule has 0 radical (unpaired) electrons. The first-order chi connectivity index (χ1) is 17.8. The number of aryl methyl sites for hydroxylation is 1. The van der Waals surface area contributed by atoms with Crippen molar-refractivity contribution < 1.29 is 21.6 Å². The summed E-state index contributed by atoms with van der Waals surface area (Å²) in [5.41, 5.74) is 9.07. The highest BCUT2D eigenvalue weighted by Crippen LogP contribution is 2.39. The number of hydrogen-bond donors (Lipinski definition) is 3. The second kappa shape index (κ2) is 9.40. The largest absolute Gasteiger partial charge is 0.364 e. The molecule has 196 valence electrons. The summed E-state index contributed by atoms with van der Waals surface area (Å²) in [4.78, 5) is 12.1. The zero-order chi connectivity index (χ0) is 27.4. The summed E-state index contributed by atoms with van der Waals surface area (Å²) in [6.45, 7) is 0. The molecule has 1 aromatic heterocycles. The van der Waals surface area contributed by atoms with E-state index < -0.39 is 26.0 Å². The van der Waals surface area contributed by atoms with Crippen LogP contribution in [0.15, 0.2) is 70.5 Å². The maximum absolute atomic E-state index is 13.0. The molecule has 38 heavy (non-hydrogen) atoms. The Morgan fingerprint density at radius 3 is 2.21 bits per heavy atom. The maximum atomic E-state index is 13.0. The molecule has 0 saturated heterocycles. The van der Waals surface area contributed by atoms with Gasteiger partial charge in [-0.3, -0.25) is 9.52 Å². The van der Waals surface area contributed by atoms with Gasteiger partial charge in [0.1, 0.15) is 0 Å². The van der Waals surface area contributed by atoms with Gasteiger partial charge >= 0.3 is 0 Å². The minimum Gasteiger partial charge on any atom is -0.364 e. The zero-order valence-corrected chi connectivity index (χ0v) is 22.5. The maximum Gasteiger partial charge on any atom is 0.269 e. The molecule has 5 rings (SSSR count). The lowest BCUT2D eigenvalue weighted by Gasteiger charge is -2.20. The van der Waals surface area contributed by atoms with E-state index >= 15 is 0 Å². The summed E-state index contributed by atoms with van der Waals surface area (Å²) < 4.78 is 53.4. The summed E-state index contributed by atoms with van der Waals surface area (Å²) in [5, 5.41) is 9.95. The van der Waals surface area contributed by atoms with Gasteiger partial charge in [-0.25, -0.2) is 26.7 Å². The third kappa shape index (κ3) is 4.76. The molecule has 0 atom stereocenters. The van der Waals surface area contributed by atoms with Gasteiger partial charge in [0.25, 0.3) is 15.9 Å². The number of carbonyl (C=O) groups is 1. The Bertz CT molecular complexity index is 1840. The number of fused-ring (bicyclic) bond motifs is 3. The molecule has 1 aliphatic carbocycles. The van der Waals surface area contributed by atoms with Crippen LogP contribution in [-0.2, 0) is 32.9 Å². The SMILES string of the molecule is NC(=O)c1nn(-c2ccc(S(N)(=O)=O)cc2)c2c1CCc1ccc(NS(=O)(=O)c3ccc(Cl)c(Cl)c3)cc1-2. The molecule has 14 heteroatoms. The standard InChI is InChI=1S/C24H19Cl2N5O5S2/c25-20-10-8-17(12-21(20)26)38(35,36)30-14-3-1-13-2-9-18-22(24(27)32)29-31(23(18)19(13)11-14)15-4-6-16(7-5-15)37(28,33)34/h1,3-8,10-12,30H,2,9H2,(H2,27,32)(H2,28,33,34). The van der Waals surface area contributed by atoms with Gasteiger partial charge in [-0.05, 0) is 73.0 Å². The molecule has 3 aromatic carbocycles. The van der Waals surface area contributed by atoms with Crippen molar-refractivity contribution in [3.63, 3.8) is 0 Å². The lowest BCUT2D eigenvalue weighted by molar-refractivity contribution is 0.0994. The van der Waals surface area contributed by atoms with Gasteiger partial charge in [-0.2, -0.15) is 5.10 Å². The van der Waals surface area contributed by atoms with Crippen LogP contribution < -0.4 is 15.6 Å². The molecular formula is C24H19Cl2N5O5S2. The van der Waals surface area contributed by atoms with E-state index in [0.717, 1.165) is 5.56 Å². The second-order valence-electron chi connectivity index (χ2n) is 8.54. The van der Waals surface area contributed by atoms with Crippen molar-refractivity contribution in [2.24, 2.45) is 10.9 Å². The van der Waals surface area contributed by atoms with E-state index in [9.17, 15) is 21.6 Å². The molecule has 0 saturated carbocycles. The predicted octanol–water partition coefficient (Wildman–Crippen LogP) is 3.49. The van der Waals surface area contributed by atoms with Gasteiger partial charge < -0.3 is 5.73 Å². The first-order valence-electron chi connectivity index (χ1n) is 11.0. The second-order valence-corrected chi connectivity index (χ2v) is 12.6. The highest BCUT2D eigenvalue weighted by molar-refractivity contribution is 7.92. The Morgan fingerprint density at radius 2 is 1.58 bits per heavy atom. The Hall–Kier alpha value is -3.42. The Morgan fingerprint density at radius 1 is 0.895 bits per heavy atom. The van der Waals surface area contributed by atoms with Crippen molar-refractivity contribution in [3.05, 3.63) is 87.5 Å². The van der Waals surface area contributed by atoms with E-state index in [1.54, 1.807) is 18.2 Å². The average Bonchev–Trinajstić information content (AvgIpc) is 3.25. The molecule has 0 aliphatic heterocycles. The number of halogens is 2. The number of nitrogens with one attached hydrogen (secondary N) is 1. The van der Waals surface area contributed by atoms with Crippen LogP contribution in [-0.4, -0.2) is 32.5 Å². The van der Waals surface area contributed by atoms with Crippen molar-refractivity contribution >= 4 is 54.8 Å². The predicted molar refractivity (Wildman–Crippen MR) is 144 cm³/mol. The Kier molecular flexibility index (Phi) is 6.48. The number of nitrogens with zero attached hydrogens (tertiary/aromatic N) is 2. The molecular weight excluding hydrogens is 573 g/mol. The van der Waals surface area contributed by atoms with Crippen LogP contribution in [0.4, 0.5) is 5.69 Å². The van der Waals surface area contributed by atoms with Crippen molar-refractivity contribution in [3.8, 4) is 16.9 Å². The Balaban J connectivity index is 1.62. The van der Waals surface area contributed by atoms with Crippen molar-refractivity contribution in [2.45, 2.75) is 22.6 Å². The van der Waals surface area contributed by atoms with E-state index in [0.29, 0.717) is 35.3 Å². The number of amides is 1. The van der Waals surface area contributed by atoms with Crippen LogP contribution in [0.2, 0.25) is 10.0 Å². The Labute approximate surface area is 228 Å². The highest BCUT2D eigenvalue weighted by atomic mass is 35.5. The lowest BCUT2D eigenvalue weighted by atomic mass is 9.88. The molecule has 10 nitrogen and oxygen atoms in total. The third-order valence-corrected chi connectivity index (χ3v) is 9.14. The van der Waals surface area contributed by atoms with E-state index in [1.807, 2.05) is 0 Å². The molecule has 5 N–H and O–H groups in total. The zero-order valence-electron chi connectivity index (χ0n) is 19.4.